The molecule has 0 bridgehead atoms. The molecule has 0 aromatic heterocycles. The Morgan fingerprint density at radius 2 is 1.56 bits per heavy atom. The van der Waals surface area contributed by atoms with Gasteiger partial charge in [-0.15, -0.1) is 0 Å². The second-order valence-corrected chi connectivity index (χ2v) is 9.79. The first-order valence-electron chi connectivity index (χ1n) is 11.1. The van der Waals surface area contributed by atoms with E-state index in [1.54, 1.807) is 72.8 Å². The molecule has 1 aliphatic rings. The summed E-state index contributed by atoms with van der Waals surface area (Å²) in [6, 6.07) is 20.8. The number of ketones is 1. The van der Waals surface area contributed by atoms with Crippen LogP contribution in [0.5, 0.6) is 5.75 Å². The lowest BCUT2D eigenvalue weighted by molar-refractivity contribution is 0.103. The molecule has 34 heavy (non-hydrogen) atoms. The zero-order chi connectivity index (χ0) is 24.3. The monoisotopic (exact) mass is 474 g/mol. The molecule has 0 amide bonds. The fourth-order valence-corrected chi connectivity index (χ4v) is 4.66. The Bertz CT molecular complexity index is 1370. The maximum atomic E-state index is 13.1. The van der Waals surface area contributed by atoms with Gasteiger partial charge >= 0.3 is 0 Å². The molecule has 3 aromatic carbocycles. The van der Waals surface area contributed by atoms with E-state index in [4.69, 9.17) is 4.74 Å². The van der Waals surface area contributed by atoms with Crippen LogP contribution in [0, 0.1) is 0 Å². The minimum absolute atomic E-state index is 0.105. The second kappa shape index (κ2) is 9.65. The molecule has 0 atom stereocenters. The van der Waals surface area contributed by atoms with Crippen molar-refractivity contribution in [3.63, 3.8) is 0 Å². The normalized spacial score (nSPS) is 14.6. The van der Waals surface area contributed by atoms with Gasteiger partial charge in [0, 0.05) is 16.8 Å². The Morgan fingerprint density at radius 3 is 2.18 bits per heavy atom. The lowest BCUT2D eigenvalue weighted by Gasteiger charge is -2.19. The Balaban J connectivity index is 1.72. The standard InChI is InChI=1S/C27H26N2O4S/c1-4-33-21-13-11-20(12-14-21)28-26-17-25(23-7-5-6-8-24(23)27(26)30)29-34(31,32)22-15-9-19(10-16-22)18(2)3/h5-18,28H,4H2,1-3H3/b29-25+. The fraction of sp³-hybridized carbons (Fsp3) is 0.185. The summed E-state index contributed by atoms with van der Waals surface area (Å²) in [5.41, 5.74) is 3.04. The highest BCUT2D eigenvalue weighted by Crippen LogP contribution is 2.26. The first kappa shape index (κ1) is 23.4. The van der Waals surface area contributed by atoms with Crippen molar-refractivity contribution >= 4 is 27.2 Å². The van der Waals surface area contributed by atoms with E-state index in [-0.39, 0.29) is 22.1 Å². The van der Waals surface area contributed by atoms with Gasteiger partial charge in [0.2, 0.25) is 5.78 Å². The number of nitrogens with one attached hydrogen (secondary N) is 1. The van der Waals surface area contributed by atoms with Gasteiger partial charge < -0.3 is 10.1 Å². The van der Waals surface area contributed by atoms with Gasteiger partial charge in [0.1, 0.15) is 5.75 Å². The molecule has 0 saturated heterocycles. The number of Topliss-reactive ketones (excluding diaryl/α,β-unsaturated/α-hetero) is 1. The molecule has 1 aliphatic carbocycles. The maximum Gasteiger partial charge on any atom is 0.282 e. The number of carbonyl (C=O) groups is 1. The predicted molar refractivity (Wildman–Crippen MR) is 134 cm³/mol. The molecule has 7 heteroatoms. The van der Waals surface area contributed by atoms with E-state index in [1.165, 1.54) is 6.08 Å². The van der Waals surface area contributed by atoms with E-state index in [9.17, 15) is 13.2 Å². The number of nitrogens with zero attached hydrogens (tertiary/aromatic N) is 1. The zero-order valence-corrected chi connectivity index (χ0v) is 20.1. The van der Waals surface area contributed by atoms with Crippen LogP contribution in [0.4, 0.5) is 5.69 Å². The Hall–Kier alpha value is -3.71. The quantitative estimate of drug-likeness (QED) is 0.483. The van der Waals surface area contributed by atoms with E-state index < -0.39 is 10.0 Å². The third-order valence-electron chi connectivity index (χ3n) is 5.48. The second-order valence-electron chi connectivity index (χ2n) is 8.19. The fourth-order valence-electron chi connectivity index (χ4n) is 3.66. The number of allylic oxidation sites excluding steroid dienone is 2. The summed E-state index contributed by atoms with van der Waals surface area (Å²) in [5, 5.41) is 3.10. The third kappa shape index (κ3) is 4.94. The highest BCUT2D eigenvalue weighted by atomic mass is 32.2. The van der Waals surface area contributed by atoms with Crippen molar-refractivity contribution in [2.24, 2.45) is 4.40 Å². The number of fused-ring (bicyclic) bond motifs is 1. The molecule has 0 unspecified atom stereocenters. The van der Waals surface area contributed by atoms with Gasteiger partial charge in [-0.3, -0.25) is 4.79 Å². The highest BCUT2D eigenvalue weighted by molar-refractivity contribution is 7.90. The summed E-state index contributed by atoms with van der Waals surface area (Å²) in [5.74, 6) is 0.778. The van der Waals surface area contributed by atoms with Gasteiger partial charge in [0.05, 0.1) is 22.9 Å². The summed E-state index contributed by atoms with van der Waals surface area (Å²) in [4.78, 5) is 13.2. The van der Waals surface area contributed by atoms with E-state index in [1.807, 2.05) is 20.8 Å². The number of rotatable bonds is 7. The SMILES string of the molecule is CCOc1ccc(NC2=C/C(=N\S(=O)(=O)c3ccc(C(C)C)cc3)c3ccccc3C2=O)cc1. The maximum absolute atomic E-state index is 13.1. The lowest BCUT2D eigenvalue weighted by Crippen LogP contribution is -2.22. The summed E-state index contributed by atoms with van der Waals surface area (Å²) in [6.45, 7) is 6.55. The first-order chi connectivity index (χ1) is 16.3. The van der Waals surface area contributed by atoms with Crippen LogP contribution in [-0.4, -0.2) is 26.5 Å². The van der Waals surface area contributed by atoms with Gasteiger partial charge in [-0.05, 0) is 60.9 Å². The van der Waals surface area contributed by atoms with Crippen LogP contribution < -0.4 is 10.1 Å². The van der Waals surface area contributed by atoms with Gasteiger partial charge in [-0.2, -0.15) is 12.8 Å². The summed E-state index contributed by atoms with van der Waals surface area (Å²) in [6.07, 6.45) is 1.49. The first-order valence-corrected chi connectivity index (χ1v) is 12.5. The zero-order valence-electron chi connectivity index (χ0n) is 19.3. The van der Waals surface area contributed by atoms with Crippen LogP contribution in [0.1, 0.15) is 48.2 Å². The van der Waals surface area contributed by atoms with Crippen LogP contribution in [0.3, 0.4) is 0 Å². The molecule has 0 heterocycles. The van der Waals surface area contributed by atoms with Crippen molar-refractivity contribution < 1.29 is 17.9 Å². The Labute approximate surface area is 200 Å². The minimum atomic E-state index is -3.98. The van der Waals surface area contributed by atoms with Gasteiger partial charge in [-0.1, -0.05) is 50.2 Å². The molecule has 6 nitrogen and oxygen atoms in total. The number of hydrogen-bond acceptors (Lipinski definition) is 5. The summed E-state index contributed by atoms with van der Waals surface area (Å²) in [7, 11) is -3.98. The molecule has 0 fully saturated rings. The van der Waals surface area contributed by atoms with Crippen molar-refractivity contribution in [2.75, 3.05) is 11.9 Å². The topological polar surface area (TPSA) is 84.8 Å². The molecule has 0 aliphatic heterocycles. The summed E-state index contributed by atoms with van der Waals surface area (Å²) >= 11 is 0. The van der Waals surface area contributed by atoms with Crippen molar-refractivity contribution in [3.05, 3.63) is 101 Å². The van der Waals surface area contributed by atoms with E-state index >= 15 is 0 Å². The van der Waals surface area contributed by atoms with Crippen LogP contribution in [0.25, 0.3) is 0 Å². The minimum Gasteiger partial charge on any atom is -0.494 e. The van der Waals surface area contributed by atoms with Gasteiger partial charge in [0.15, 0.2) is 0 Å². The van der Waals surface area contributed by atoms with E-state index in [0.29, 0.717) is 29.3 Å². The van der Waals surface area contributed by atoms with E-state index in [2.05, 4.69) is 9.71 Å². The predicted octanol–water partition coefficient (Wildman–Crippen LogP) is 5.58. The molecule has 1 N–H and O–H groups in total. The largest absolute Gasteiger partial charge is 0.494 e. The molecular weight excluding hydrogens is 448 g/mol. The number of carbonyl (C=O) groups excluding carboxylic acids is 1. The van der Waals surface area contributed by atoms with Crippen molar-refractivity contribution in [1.29, 1.82) is 0 Å². The molecule has 0 radical (unpaired) electrons. The van der Waals surface area contributed by atoms with E-state index in [0.717, 1.165) is 11.3 Å². The van der Waals surface area contributed by atoms with Crippen LogP contribution >= 0.6 is 0 Å². The van der Waals surface area contributed by atoms with Crippen molar-refractivity contribution in [1.82, 2.24) is 0 Å². The van der Waals surface area contributed by atoms with Crippen LogP contribution in [0.15, 0.2) is 93.9 Å². The highest BCUT2D eigenvalue weighted by Gasteiger charge is 2.26. The molecule has 0 saturated carbocycles. The average Bonchev–Trinajstić information content (AvgIpc) is 2.83. The number of benzene rings is 3. The molecular formula is C27H26N2O4S. The third-order valence-corrected chi connectivity index (χ3v) is 6.79. The smallest absolute Gasteiger partial charge is 0.282 e. The number of hydrogen-bond donors (Lipinski definition) is 1. The number of sulfonamides is 1. The average molecular weight is 475 g/mol. The van der Waals surface area contributed by atoms with Gasteiger partial charge in [-0.25, -0.2) is 0 Å². The lowest BCUT2D eigenvalue weighted by atomic mass is 9.92. The Morgan fingerprint density at radius 1 is 0.912 bits per heavy atom. The summed E-state index contributed by atoms with van der Waals surface area (Å²) < 4.78 is 35.8. The number of anilines is 1. The molecule has 174 valence electrons. The number of ether oxygens (including phenoxy) is 1. The van der Waals surface area contributed by atoms with Crippen molar-refractivity contribution in [3.8, 4) is 5.75 Å². The van der Waals surface area contributed by atoms with Crippen LogP contribution in [-0.2, 0) is 10.0 Å². The van der Waals surface area contributed by atoms with Gasteiger partial charge in [0.25, 0.3) is 10.0 Å². The molecule has 0 spiro atoms. The van der Waals surface area contributed by atoms with Crippen LogP contribution in [0.2, 0.25) is 0 Å². The molecule has 3 aromatic rings. The Kier molecular flexibility index (Phi) is 6.65. The van der Waals surface area contributed by atoms with Crippen molar-refractivity contribution in [2.45, 2.75) is 31.6 Å². The molecule has 4 rings (SSSR count).